The summed E-state index contributed by atoms with van der Waals surface area (Å²) in [5.74, 6) is 0. The second kappa shape index (κ2) is 3.73. The Kier molecular flexibility index (Phi) is 2.88. The summed E-state index contributed by atoms with van der Waals surface area (Å²) in [6.07, 6.45) is 0. The largest absolute Gasteiger partial charge is 0.312 e. The summed E-state index contributed by atoms with van der Waals surface area (Å²) in [5.41, 5.74) is 3.52. The molecule has 12 heavy (non-hydrogen) atoms. The lowest BCUT2D eigenvalue weighted by Gasteiger charge is -2.04. The molecule has 0 unspecified atom stereocenters. The minimum absolute atomic E-state index is 0.477. The lowest BCUT2D eigenvalue weighted by molar-refractivity contribution is 1.18. The van der Waals surface area contributed by atoms with Gasteiger partial charge in [0.1, 0.15) is 0 Å². The maximum atomic E-state index is 6.77. The topological polar surface area (TPSA) is 4.36 Å². The van der Waals surface area contributed by atoms with Crippen molar-refractivity contribution >= 4 is 15.9 Å². The lowest BCUT2D eigenvalue weighted by atomic mass is 10.1. The molecular formula is C10H10BrN. The van der Waals surface area contributed by atoms with E-state index in [1.165, 1.54) is 11.1 Å². The first-order valence-corrected chi connectivity index (χ1v) is 4.54. The van der Waals surface area contributed by atoms with Gasteiger partial charge in [-0.2, -0.15) is 0 Å². The van der Waals surface area contributed by atoms with E-state index in [0.29, 0.717) is 6.54 Å². The summed E-state index contributed by atoms with van der Waals surface area (Å²) >= 11 is 3.50. The van der Waals surface area contributed by atoms with Crippen LogP contribution in [0, 0.1) is 20.4 Å². The Morgan fingerprint density at radius 1 is 1.42 bits per heavy atom. The first kappa shape index (κ1) is 9.28. The second-order valence-corrected chi connectivity index (χ2v) is 3.59. The number of hydrogen-bond donors (Lipinski definition) is 0. The van der Waals surface area contributed by atoms with Gasteiger partial charge in [-0.3, -0.25) is 0 Å². The quantitative estimate of drug-likeness (QED) is 0.643. The first-order valence-electron chi connectivity index (χ1n) is 3.74. The monoisotopic (exact) mass is 223 g/mol. The van der Waals surface area contributed by atoms with Crippen LogP contribution >= 0.6 is 15.9 Å². The molecule has 2 heteroatoms. The molecule has 0 saturated carbocycles. The first-order chi connectivity index (χ1) is 5.66. The molecule has 62 valence electrons. The molecule has 0 saturated heterocycles. The van der Waals surface area contributed by atoms with E-state index < -0.39 is 0 Å². The average Bonchev–Trinajstić information content (AvgIpc) is 2.07. The molecule has 1 aromatic carbocycles. The number of halogens is 1. The van der Waals surface area contributed by atoms with Crippen molar-refractivity contribution < 1.29 is 0 Å². The second-order valence-electron chi connectivity index (χ2n) is 2.80. The highest BCUT2D eigenvalue weighted by atomic mass is 79.9. The summed E-state index contributed by atoms with van der Waals surface area (Å²) in [4.78, 5) is 3.37. The standard InChI is InChI=1S/C10H10BrN/c1-7-4-5-9(6-12-3)8(2)10(7)11/h4-5H,6H2,1-2H3. The van der Waals surface area contributed by atoms with Crippen LogP contribution in [-0.2, 0) is 6.54 Å². The van der Waals surface area contributed by atoms with Gasteiger partial charge in [0.25, 0.3) is 0 Å². The van der Waals surface area contributed by atoms with E-state index in [2.05, 4.69) is 27.7 Å². The summed E-state index contributed by atoms with van der Waals surface area (Å²) in [6.45, 7) is 11.3. The predicted molar refractivity (Wildman–Crippen MR) is 53.9 cm³/mol. The maximum absolute atomic E-state index is 6.77. The van der Waals surface area contributed by atoms with E-state index in [0.717, 1.165) is 10.0 Å². The van der Waals surface area contributed by atoms with Crippen molar-refractivity contribution in [3.8, 4) is 0 Å². The molecule has 0 atom stereocenters. The van der Waals surface area contributed by atoms with E-state index in [1.54, 1.807) is 0 Å². The van der Waals surface area contributed by atoms with E-state index in [1.807, 2.05) is 19.1 Å². The molecule has 0 fully saturated rings. The summed E-state index contributed by atoms with van der Waals surface area (Å²) in [5, 5.41) is 0. The highest BCUT2D eigenvalue weighted by Crippen LogP contribution is 2.24. The van der Waals surface area contributed by atoms with Crippen LogP contribution in [0.15, 0.2) is 16.6 Å². The van der Waals surface area contributed by atoms with Crippen LogP contribution in [0.3, 0.4) is 0 Å². The van der Waals surface area contributed by atoms with E-state index >= 15 is 0 Å². The average molecular weight is 224 g/mol. The van der Waals surface area contributed by atoms with Crippen LogP contribution in [-0.4, -0.2) is 0 Å². The van der Waals surface area contributed by atoms with Gasteiger partial charge in [0.2, 0.25) is 6.54 Å². The van der Waals surface area contributed by atoms with E-state index in [9.17, 15) is 0 Å². The Morgan fingerprint density at radius 2 is 2.08 bits per heavy atom. The van der Waals surface area contributed by atoms with Crippen molar-refractivity contribution in [2.75, 3.05) is 0 Å². The van der Waals surface area contributed by atoms with Gasteiger partial charge in [0.05, 0.1) is 0 Å². The zero-order chi connectivity index (χ0) is 9.14. The van der Waals surface area contributed by atoms with Crippen LogP contribution in [0.25, 0.3) is 4.85 Å². The fourth-order valence-electron chi connectivity index (χ4n) is 1.12. The van der Waals surface area contributed by atoms with Gasteiger partial charge in [0, 0.05) is 10.0 Å². The molecule has 0 radical (unpaired) electrons. The van der Waals surface area contributed by atoms with Crippen LogP contribution in [0.4, 0.5) is 0 Å². The zero-order valence-corrected chi connectivity index (χ0v) is 8.77. The van der Waals surface area contributed by atoms with Gasteiger partial charge in [-0.05, 0) is 25.0 Å². The summed E-state index contributed by atoms with van der Waals surface area (Å²) < 4.78 is 1.13. The molecule has 0 aliphatic rings. The zero-order valence-electron chi connectivity index (χ0n) is 7.19. The van der Waals surface area contributed by atoms with Gasteiger partial charge in [-0.15, -0.1) is 0 Å². The molecule has 0 aromatic heterocycles. The Balaban J connectivity index is 3.19. The van der Waals surface area contributed by atoms with Crippen molar-refractivity contribution in [3.05, 3.63) is 44.7 Å². The SMILES string of the molecule is [C-]#[N+]Cc1ccc(C)c(Br)c1C. The molecule has 0 spiro atoms. The molecule has 1 aromatic rings. The van der Waals surface area contributed by atoms with Crippen molar-refractivity contribution in [3.63, 3.8) is 0 Å². The number of rotatable bonds is 1. The molecular weight excluding hydrogens is 214 g/mol. The summed E-state index contributed by atoms with van der Waals surface area (Å²) in [7, 11) is 0. The normalized spacial score (nSPS) is 9.50. The van der Waals surface area contributed by atoms with Gasteiger partial charge < -0.3 is 4.85 Å². The minimum Gasteiger partial charge on any atom is -0.312 e. The van der Waals surface area contributed by atoms with Crippen molar-refractivity contribution in [2.24, 2.45) is 0 Å². The number of benzene rings is 1. The highest BCUT2D eigenvalue weighted by Gasteiger charge is 2.05. The van der Waals surface area contributed by atoms with Crippen molar-refractivity contribution in [1.29, 1.82) is 0 Å². The predicted octanol–water partition coefficient (Wildman–Crippen LogP) is 3.49. The third-order valence-electron chi connectivity index (χ3n) is 1.94. The van der Waals surface area contributed by atoms with Gasteiger partial charge in [-0.1, -0.05) is 28.1 Å². The van der Waals surface area contributed by atoms with Crippen LogP contribution in [0.2, 0.25) is 0 Å². The van der Waals surface area contributed by atoms with E-state index in [-0.39, 0.29) is 0 Å². The fraction of sp³-hybridized carbons (Fsp3) is 0.300. The molecule has 1 nitrogen and oxygen atoms in total. The molecule has 0 N–H and O–H groups in total. The van der Waals surface area contributed by atoms with E-state index in [4.69, 9.17) is 6.57 Å². The Bertz CT molecular complexity index is 336. The maximum Gasteiger partial charge on any atom is 0.240 e. The fourth-order valence-corrected chi connectivity index (χ4v) is 1.50. The Labute approximate surface area is 81.4 Å². The van der Waals surface area contributed by atoms with Crippen LogP contribution in [0.1, 0.15) is 16.7 Å². The molecule has 0 aliphatic heterocycles. The minimum atomic E-state index is 0.477. The number of nitrogens with zero attached hydrogens (tertiary/aromatic N) is 1. The molecule has 0 amide bonds. The molecule has 0 aliphatic carbocycles. The third kappa shape index (κ3) is 1.67. The Hall–Kier alpha value is -0.810. The van der Waals surface area contributed by atoms with Crippen LogP contribution < -0.4 is 0 Å². The number of aryl methyl sites for hydroxylation is 1. The lowest BCUT2D eigenvalue weighted by Crippen LogP contribution is -1.89. The summed E-state index contributed by atoms with van der Waals surface area (Å²) in [6, 6.07) is 4.06. The van der Waals surface area contributed by atoms with Gasteiger partial charge >= 0.3 is 0 Å². The van der Waals surface area contributed by atoms with Gasteiger partial charge in [0.15, 0.2) is 0 Å². The van der Waals surface area contributed by atoms with Crippen molar-refractivity contribution in [1.82, 2.24) is 0 Å². The molecule has 0 bridgehead atoms. The smallest absolute Gasteiger partial charge is 0.240 e. The Morgan fingerprint density at radius 3 is 2.67 bits per heavy atom. The molecule has 0 heterocycles. The van der Waals surface area contributed by atoms with Gasteiger partial charge in [-0.25, -0.2) is 6.57 Å². The third-order valence-corrected chi connectivity index (χ3v) is 3.16. The highest BCUT2D eigenvalue weighted by molar-refractivity contribution is 9.10. The van der Waals surface area contributed by atoms with Crippen LogP contribution in [0.5, 0.6) is 0 Å². The molecule has 1 rings (SSSR count). The van der Waals surface area contributed by atoms with Crippen molar-refractivity contribution in [2.45, 2.75) is 20.4 Å². The number of hydrogen-bond acceptors (Lipinski definition) is 0.